The summed E-state index contributed by atoms with van der Waals surface area (Å²) in [6.07, 6.45) is 4.68. The lowest BCUT2D eigenvalue weighted by atomic mass is 9.93. The van der Waals surface area contributed by atoms with Crippen LogP contribution in [0.5, 0.6) is 0 Å². The highest BCUT2D eigenvalue weighted by molar-refractivity contribution is 4.59. The average molecular weight is 172 g/mol. The maximum absolute atomic E-state index is 9.15. The second-order valence-electron chi connectivity index (χ2n) is 4.28. The third kappa shape index (κ3) is 6.66. The van der Waals surface area contributed by atoms with Crippen LogP contribution in [0, 0.1) is 11.8 Å². The fourth-order valence-electron chi connectivity index (χ4n) is 1.47. The minimum Gasteiger partial charge on any atom is -0.393 e. The lowest BCUT2D eigenvalue weighted by Gasteiger charge is -2.15. The highest BCUT2D eigenvalue weighted by atomic mass is 16.3. The molecule has 0 heterocycles. The van der Waals surface area contributed by atoms with Gasteiger partial charge in [-0.2, -0.15) is 0 Å². The van der Waals surface area contributed by atoms with Gasteiger partial charge in [0.25, 0.3) is 0 Å². The van der Waals surface area contributed by atoms with E-state index in [-0.39, 0.29) is 6.10 Å². The summed E-state index contributed by atoms with van der Waals surface area (Å²) in [6.45, 7) is 8.65. The van der Waals surface area contributed by atoms with Crippen molar-refractivity contribution in [1.82, 2.24) is 0 Å². The van der Waals surface area contributed by atoms with E-state index in [2.05, 4.69) is 20.8 Å². The van der Waals surface area contributed by atoms with Crippen molar-refractivity contribution >= 4 is 0 Å². The Morgan fingerprint density at radius 2 is 1.50 bits per heavy atom. The van der Waals surface area contributed by atoms with Crippen LogP contribution in [-0.4, -0.2) is 11.2 Å². The summed E-state index contributed by atoms with van der Waals surface area (Å²) in [5, 5.41) is 9.15. The van der Waals surface area contributed by atoms with E-state index in [9.17, 15) is 0 Å². The minimum absolute atomic E-state index is 0.128. The van der Waals surface area contributed by atoms with Crippen molar-refractivity contribution in [1.29, 1.82) is 0 Å². The zero-order valence-electron chi connectivity index (χ0n) is 9.01. The van der Waals surface area contributed by atoms with Gasteiger partial charge in [0.05, 0.1) is 6.10 Å². The molecular weight excluding hydrogens is 148 g/mol. The Balaban J connectivity index is 3.36. The predicted molar refractivity (Wildman–Crippen MR) is 54.2 cm³/mol. The Morgan fingerprint density at radius 3 is 1.92 bits per heavy atom. The first-order valence-corrected chi connectivity index (χ1v) is 5.24. The molecule has 0 saturated carbocycles. The maximum Gasteiger partial charge on any atom is 0.0514 e. The van der Waals surface area contributed by atoms with Crippen molar-refractivity contribution in [2.75, 3.05) is 0 Å². The third-order valence-electron chi connectivity index (χ3n) is 2.59. The Kier molecular flexibility index (Phi) is 6.45. The van der Waals surface area contributed by atoms with Crippen LogP contribution < -0.4 is 0 Å². The van der Waals surface area contributed by atoms with E-state index in [1.165, 1.54) is 19.3 Å². The third-order valence-corrected chi connectivity index (χ3v) is 2.59. The maximum atomic E-state index is 9.15. The molecule has 0 rings (SSSR count). The molecule has 1 N–H and O–H groups in total. The van der Waals surface area contributed by atoms with Crippen LogP contribution in [0.15, 0.2) is 0 Å². The molecule has 1 nitrogen and oxygen atoms in total. The van der Waals surface area contributed by atoms with Crippen molar-refractivity contribution in [3.63, 3.8) is 0 Å². The summed E-state index contributed by atoms with van der Waals surface area (Å²) in [4.78, 5) is 0. The van der Waals surface area contributed by atoms with Gasteiger partial charge in [-0.15, -0.1) is 0 Å². The smallest absolute Gasteiger partial charge is 0.0514 e. The van der Waals surface area contributed by atoms with Crippen LogP contribution in [0.4, 0.5) is 0 Å². The summed E-state index contributed by atoms with van der Waals surface area (Å²) in [7, 11) is 0. The van der Waals surface area contributed by atoms with Crippen molar-refractivity contribution in [2.45, 2.75) is 59.5 Å². The molecule has 74 valence electrons. The number of rotatable bonds is 6. The first kappa shape index (κ1) is 12.0. The number of aliphatic hydroxyl groups is 1. The monoisotopic (exact) mass is 172 g/mol. The molecule has 0 amide bonds. The number of hydrogen-bond acceptors (Lipinski definition) is 1. The Labute approximate surface area is 77.2 Å². The zero-order valence-corrected chi connectivity index (χ0v) is 9.01. The predicted octanol–water partition coefficient (Wildman–Crippen LogP) is 3.22. The van der Waals surface area contributed by atoms with Crippen LogP contribution in [0.25, 0.3) is 0 Å². The summed E-state index contributed by atoms with van der Waals surface area (Å²) in [6, 6.07) is 0. The molecule has 3 atom stereocenters. The molecular formula is C11H24O. The molecule has 3 unspecified atom stereocenters. The molecule has 0 aromatic heterocycles. The van der Waals surface area contributed by atoms with Crippen molar-refractivity contribution in [2.24, 2.45) is 11.8 Å². The fourth-order valence-corrected chi connectivity index (χ4v) is 1.47. The molecule has 0 spiro atoms. The lowest BCUT2D eigenvalue weighted by Crippen LogP contribution is -2.08. The normalized spacial score (nSPS) is 18.8. The minimum atomic E-state index is -0.128. The number of aliphatic hydroxyl groups excluding tert-OH is 1. The van der Waals surface area contributed by atoms with Gasteiger partial charge in [0, 0.05) is 0 Å². The van der Waals surface area contributed by atoms with Crippen molar-refractivity contribution in [3.8, 4) is 0 Å². The summed E-state index contributed by atoms with van der Waals surface area (Å²) >= 11 is 0. The van der Waals surface area contributed by atoms with Gasteiger partial charge in [0.15, 0.2) is 0 Å². The second kappa shape index (κ2) is 6.47. The van der Waals surface area contributed by atoms with Gasteiger partial charge in [0.1, 0.15) is 0 Å². The first-order valence-electron chi connectivity index (χ1n) is 5.24. The van der Waals surface area contributed by atoms with Gasteiger partial charge in [0.2, 0.25) is 0 Å². The first-order chi connectivity index (χ1) is 5.56. The molecule has 0 fully saturated rings. The molecule has 1 heteroatoms. The zero-order chi connectivity index (χ0) is 9.56. The highest BCUT2D eigenvalue weighted by Gasteiger charge is 2.07. The van der Waals surface area contributed by atoms with Gasteiger partial charge in [-0.05, 0) is 25.2 Å². The second-order valence-corrected chi connectivity index (χ2v) is 4.28. The molecule has 12 heavy (non-hydrogen) atoms. The Hall–Kier alpha value is -0.0400. The van der Waals surface area contributed by atoms with Gasteiger partial charge < -0.3 is 5.11 Å². The van der Waals surface area contributed by atoms with Crippen LogP contribution in [-0.2, 0) is 0 Å². The summed E-state index contributed by atoms with van der Waals surface area (Å²) in [5.74, 6) is 1.53. The largest absolute Gasteiger partial charge is 0.393 e. The molecule has 0 radical (unpaired) electrons. The molecule has 0 aliphatic rings. The quantitative estimate of drug-likeness (QED) is 0.652. The average Bonchev–Trinajstić information content (AvgIpc) is 1.99. The molecule has 0 aliphatic carbocycles. The van der Waals surface area contributed by atoms with Gasteiger partial charge in [-0.3, -0.25) is 0 Å². The summed E-state index contributed by atoms with van der Waals surface area (Å²) < 4.78 is 0. The SMILES string of the molecule is CCC(C)CCC(C)CC(C)O. The fraction of sp³-hybridized carbons (Fsp3) is 1.00. The lowest BCUT2D eigenvalue weighted by molar-refractivity contribution is 0.159. The van der Waals surface area contributed by atoms with Crippen LogP contribution in [0.2, 0.25) is 0 Å². The number of hydrogen-bond donors (Lipinski definition) is 1. The molecule has 0 aliphatic heterocycles. The molecule has 0 aromatic rings. The van der Waals surface area contributed by atoms with E-state index in [1.807, 2.05) is 6.92 Å². The van der Waals surface area contributed by atoms with Gasteiger partial charge in [-0.1, -0.05) is 40.0 Å². The molecule has 0 saturated heterocycles. The Morgan fingerprint density at radius 1 is 1.00 bits per heavy atom. The van der Waals surface area contributed by atoms with Crippen LogP contribution in [0.1, 0.15) is 53.4 Å². The molecule has 0 bridgehead atoms. The van der Waals surface area contributed by atoms with E-state index in [0.717, 1.165) is 12.3 Å². The highest BCUT2D eigenvalue weighted by Crippen LogP contribution is 2.18. The van der Waals surface area contributed by atoms with Crippen LogP contribution >= 0.6 is 0 Å². The van der Waals surface area contributed by atoms with Crippen LogP contribution in [0.3, 0.4) is 0 Å². The van der Waals surface area contributed by atoms with Gasteiger partial charge in [-0.25, -0.2) is 0 Å². The van der Waals surface area contributed by atoms with E-state index in [4.69, 9.17) is 5.11 Å². The van der Waals surface area contributed by atoms with Gasteiger partial charge >= 0.3 is 0 Å². The van der Waals surface area contributed by atoms with Crippen molar-refractivity contribution in [3.05, 3.63) is 0 Å². The van der Waals surface area contributed by atoms with E-state index in [1.54, 1.807) is 0 Å². The van der Waals surface area contributed by atoms with E-state index >= 15 is 0 Å². The topological polar surface area (TPSA) is 20.2 Å². The molecule has 0 aromatic carbocycles. The standard InChI is InChI=1S/C11H24O/c1-5-9(2)6-7-10(3)8-11(4)12/h9-12H,5-8H2,1-4H3. The van der Waals surface area contributed by atoms with E-state index < -0.39 is 0 Å². The van der Waals surface area contributed by atoms with Crippen molar-refractivity contribution < 1.29 is 5.11 Å². The summed E-state index contributed by atoms with van der Waals surface area (Å²) in [5.41, 5.74) is 0. The Bertz CT molecular complexity index is 99.2. The van der Waals surface area contributed by atoms with E-state index in [0.29, 0.717) is 5.92 Å².